The number of carbonyl (C=O) groups excluding carboxylic acids is 2. The first-order valence-electron chi connectivity index (χ1n) is 20.9. The average molecular weight is 719 g/mol. The fraction of sp³-hybridized carbons (Fsp3) is 0.951. The van der Waals surface area contributed by atoms with Gasteiger partial charge >= 0.3 is 11.9 Å². The van der Waals surface area contributed by atoms with Gasteiger partial charge in [0.1, 0.15) is 19.3 Å². The molecule has 2 unspecified atom stereocenters. The molecular formula is C41H82O9. The molecule has 9 nitrogen and oxygen atoms in total. The van der Waals surface area contributed by atoms with Gasteiger partial charge in [-0.05, 0) is 12.8 Å². The van der Waals surface area contributed by atoms with Crippen molar-refractivity contribution in [1.29, 1.82) is 0 Å². The van der Waals surface area contributed by atoms with E-state index in [0.717, 1.165) is 38.5 Å². The Labute approximate surface area is 307 Å². The zero-order valence-corrected chi connectivity index (χ0v) is 32.6. The number of carbonyl (C=O) groups is 2. The van der Waals surface area contributed by atoms with Gasteiger partial charge in [-0.25, -0.2) is 9.59 Å². The van der Waals surface area contributed by atoms with Crippen LogP contribution in [0, 0.1) is 0 Å². The van der Waals surface area contributed by atoms with Crippen LogP contribution in [0.5, 0.6) is 0 Å². The maximum absolute atomic E-state index is 12.0. The smallest absolute Gasteiger partial charge is 0.335 e. The van der Waals surface area contributed by atoms with Crippen LogP contribution >= 0.6 is 0 Å². The number of hydrogen-bond acceptors (Lipinski definition) is 9. The molecule has 0 aromatic heterocycles. The van der Waals surface area contributed by atoms with Crippen LogP contribution in [-0.2, 0) is 19.1 Å². The number of rotatable bonds is 37. The van der Waals surface area contributed by atoms with Gasteiger partial charge in [0.15, 0.2) is 12.2 Å². The maximum Gasteiger partial charge on any atom is 0.335 e. The minimum absolute atomic E-state index is 0.105. The van der Waals surface area contributed by atoms with Crippen LogP contribution in [0.2, 0.25) is 0 Å². The summed E-state index contributed by atoms with van der Waals surface area (Å²) in [5.74, 6) is -1.34. The Morgan fingerprint density at radius 1 is 0.400 bits per heavy atom. The van der Waals surface area contributed by atoms with Gasteiger partial charge in [0.05, 0.1) is 13.2 Å². The number of ether oxygens (including phenoxy) is 2. The fourth-order valence-corrected chi connectivity index (χ4v) is 5.83. The van der Waals surface area contributed by atoms with Crippen LogP contribution in [0.25, 0.3) is 0 Å². The first kappa shape index (κ1) is 50.8. The van der Waals surface area contributed by atoms with Crippen LogP contribution in [0.3, 0.4) is 0 Å². The van der Waals surface area contributed by atoms with Gasteiger partial charge in [0.25, 0.3) is 0 Å². The lowest BCUT2D eigenvalue weighted by Crippen LogP contribution is -2.27. The highest BCUT2D eigenvalue weighted by molar-refractivity contribution is 5.75. The second kappa shape index (κ2) is 42.2. The summed E-state index contributed by atoms with van der Waals surface area (Å²) < 4.78 is 10.1. The molecule has 0 radical (unpaired) electrons. The van der Waals surface area contributed by atoms with E-state index in [-0.39, 0.29) is 26.4 Å². The van der Waals surface area contributed by atoms with Gasteiger partial charge in [-0.3, -0.25) is 0 Å². The van der Waals surface area contributed by atoms with Crippen molar-refractivity contribution >= 4 is 11.9 Å². The molecule has 0 fully saturated rings. The molecule has 0 aliphatic heterocycles. The second-order valence-electron chi connectivity index (χ2n) is 14.2. The van der Waals surface area contributed by atoms with E-state index in [0.29, 0.717) is 12.8 Å². The Hall–Kier alpha value is -1.26. The molecule has 50 heavy (non-hydrogen) atoms. The van der Waals surface area contributed by atoms with Crippen LogP contribution < -0.4 is 0 Å². The molecule has 0 aliphatic rings. The lowest BCUT2D eigenvalue weighted by atomic mass is 10.0. The highest BCUT2D eigenvalue weighted by Crippen LogP contribution is 2.15. The van der Waals surface area contributed by atoms with Crippen molar-refractivity contribution in [2.24, 2.45) is 0 Å². The minimum Gasteiger partial charge on any atom is -0.460 e. The van der Waals surface area contributed by atoms with E-state index in [4.69, 9.17) is 24.8 Å². The average Bonchev–Trinajstić information content (AvgIpc) is 3.13. The number of aliphatic hydroxyl groups is 5. The molecule has 0 rings (SSSR count). The van der Waals surface area contributed by atoms with E-state index in [1.54, 1.807) is 0 Å². The normalized spacial score (nSPS) is 12.4. The summed E-state index contributed by atoms with van der Waals surface area (Å²) >= 11 is 0. The number of esters is 2. The largest absolute Gasteiger partial charge is 0.460 e. The molecule has 0 saturated heterocycles. The van der Waals surface area contributed by atoms with E-state index in [9.17, 15) is 19.8 Å². The second-order valence-corrected chi connectivity index (χ2v) is 14.2. The summed E-state index contributed by atoms with van der Waals surface area (Å²) in [4.78, 5) is 24.0. The lowest BCUT2D eigenvalue weighted by Gasteiger charge is -2.12. The molecule has 9 heteroatoms. The molecule has 5 N–H and O–H groups in total. The Kier molecular flexibility index (Phi) is 42.9. The van der Waals surface area contributed by atoms with Crippen molar-refractivity contribution in [2.75, 3.05) is 26.4 Å². The Bertz CT molecular complexity index is 635. The summed E-state index contributed by atoms with van der Waals surface area (Å²) in [6.07, 6.45) is 32.9. The van der Waals surface area contributed by atoms with Gasteiger partial charge in [-0.2, -0.15) is 0 Å². The third-order valence-corrected chi connectivity index (χ3v) is 9.20. The van der Waals surface area contributed by atoms with E-state index >= 15 is 0 Å². The van der Waals surface area contributed by atoms with Crippen LogP contribution in [0.1, 0.15) is 206 Å². The summed E-state index contributed by atoms with van der Waals surface area (Å²) in [5.41, 5.74) is 0. The van der Waals surface area contributed by atoms with E-state index in [1.165, 1.54) is 141 Å². The quantitative estimate of drug-likeness (QED) is 0.0313. The predicted molar refractivity (Wildman–Crippen MR) is 204 cm³/mol. The molecule has 300 valence electrons. The minimum atomic E-state index is -1.13. The van der Waals surface area contributed by atoms with Crippen molar-refractivity contribution in [3.63, 3.8) is 0 Å². The van der Waals surface area contributed by atoms with Gasteiger partial charge in [-0.15, -0.1) is 0 Å². The molecule has 0 aliphatic carbocycles. The van der Waals surface area contributed by atoms with Crippen molar-refractivity contribution < 1.29 is 44.6 Å². The zero-order valence-electron chi connectivity index (χ0n) is 32.6. The molecule has 0 saturated carbocycles. The van der Waals surface area contributed by atoms with Crippen molar-refractivity contribution in [1.82, 2.24) is 0 Å². The first-order valence-corrected chi connectivity index (χ1v) is 20.9. The van der Waals surface area contributed by atoms with Crippen molar-refractivity contribution in [3.8, 4) is 0 Å². The third-order valence-electron chi connectivity index (χ3n) is 9.20. The van der Waals surface area contributed by atoms with E-state index in [2.05, 4.69) is 13.8 Å². The highest BCUT2D eigenvalue weighted by atomic mass is 16.6. The zero-order chi connectivity index (χ0) is 37.3. The van der Waals surface area contributed by atoms with Gasteiger partial charge < -0.3 is 35.0 Å². The molecule has 0 aromatic rings. The summed E-state index contributed by atoms with van der Waals surface area (Å²) in [7, 11) is 0. The monoisotopic (exact) mass is 719 g/mol. The van der Waals surface area contributed by atoms with Gasteiger partial charge in [0.2, 0.25) is 0 Å². The highest BCUT2D eigenvalue weighted by Gasteiger charge is 2.18. The third kappa shape index (κ3) is 39.5. The summed E-state index contributed by atoms with van der Waals surface area (Å²) in [6, 6.07) is 0. The maximum atomic E-state index is 12.0. The summed E-state index contributed by atoms with van der Waals surface area (Å²) in [6.45, 7) is 3.58. The number of unbranched alkanes of at least 4 members (excludes halogenated alkanes) is 26. The summed E-state index contributed by atoms with van der Waals surface area (Å²) in [5, 5.41) is 44.1. The van der Waals surface area contributed by atoms with Gasteiger partial charge in [-0.1, -0.05) is 194 Å². The first-order chi connectivity index (χ1) is 24.3. The topological polar surface area (TPSA) is 154 Å². The molecule has 0 spiro atoms. The number of hydrogen-bond donors (Lipinski definition) is 5. The Balaban J connectivity index is 0. The van der Waals surface area contributed by atoms with Crippen molar-refractivity contribution in [3.05, 3.63) is 0 Å². The molecule has 0 amide bonds. The van der Waals surface area contributed by atoms with E-state index < -0.39 is 30.3 Å². The standard InChI is InChI=1S/C38H74O6.C3H8O3/c1-3-5-7-9-11-13-15-17-19-21-23-25-27-29-31-35(39)37(41)43-33-34-44-38(42)36(40)32-30-28-26-24-22-20-18-16-14-12-10-8-6-4-2;4-1-3(6)2-5/h35-36,39-40H,3-34H2,1-2H3;3-6H,1-2H2. The van der Waals surface area contributed by atoms with Crippen molar-refractivity contribution in [2.45, 2.75) is 225 Å². The molecule has 0 bridgehead atoms. The van der Waals surface area contributed by atoms with Crippen LogP contribution in [0.4, 0.5) is 0 Å². The Morgan fingerprint density at radius 2 is 0.620 bits per heavy atom. The van der Waals surface area contributed by atoms with Crippen LogP contribution in [0.15, 0.2) is 0 Å². The lowest BCUT2D eigenvalue weighted by molar-refractivity contribution is -0.162. The van der Waals surface area contributed by atoms with E-state index in [1.807, 2.05) is 0 Å². The Morgan fingerprint density at radius 3 is 0.820 bits per heavy atom. The predicted octanol–water partition coefficient (Wildman–Crippen LogP) is 8.87. The van der Waals surface area contributed by atoms with Crippen LogP contribution in [-0.4, -0.2) is 82.2 Å². The fourth-order valence-electron chi connectivity index (χ4n) is 5.83. The molecule has 0 aromatic carbocycles. The number of aliphatic hydroxyl groups excluding tert-OH is 5. The van der Waals surface area contributed by atoms with Gasteiger partial charge in [0, 0.05) is 0 Å². The molecular weight excluding hydrogens is 636 g/mol. The SMILES string of the molecule is CCCCCCCCCCCCCCCCC(O)C(=O)OCCOC(=O)C(O)CCCCCCCCCCCCCCCC.OCC(O)CO. The molecule has 0 heterocycles. The molecule has 2 atom stereocenters.